The van der Waals surface area contributed by atoms with Crippen molar-refractivity contribution in [3.8, 4) is 39.8 Å². The van der Waals surface area contributed by atoms with Gasteiger partial charge in [-0.15, -0.1) is 10.2 Å². The van der Waals surface area contributed by atoms with Gasteiger partial charge in [0.25, 0.3) is 0 Å². The Balaban J connectivity index is 1.50. The van der Waals surface area contributed by atoms with Gasteiger partial charge >= 0.3 is 6.09 Å². The van der Waals surface area contributed by atoms with Crippen LogP contribution in [0, 0.1) is 0 Å². The molecular weight excluding hydrogens is 853 g/mol. The molecule has 7 aromatic rings. The topological polar surface area (TPSA) is 262 Å². The number of nitrogens with one attached hydrogen (secondary N) is 2. The van der Waals surface area contributed by atoms with E-state index in [1.807, 2.05) is 12.1 Å². The van der Waals surface area contributed by atoms with Gasteiger partial charge in [-0.3, -0.25) is 0 Å². The zero-order valence-corrected chi connectivity index (χ0v) is 36.2. The average Bonchev–Trinajstić information content (AvgIpc) is 3.91. The van der Waals surface area contributed by atoms with E-state index in [1.165, 1.54) is 38.1 Å². The quantitative estimate of drug-likeness (QED) is 0.0911. The molecule has 0 saturated carbocycles. The zero-order chi connectivity index (χ0) is 44.9. The fraction of sp³-hybridized carbons (Fsp3) is 0.214. The Hall–Kier alpha value is -7.07. The van der Waals surface area contributed by atoms with Crippen molar-refractivity contribution in [3.05, 3.63) is 120 Å². The molecule has 1 unspecified atom stereocenters. The molecular formula is C42H44N10O9S2. The molecule has 0 spiro atoms. The molecule has 6 N–H and O–H groups in total. The van der Waals surface area contributed by atoms with Crippen molar-refractivity contribution in [2.75, 3.05) is 33.6 Å². The number of aromatic nitrogens is 6. The highest BCUT2D eigenvalue weighted by Crippen LogP contribution is 2.43. The lowest BCUT2D eigenvalue weighted by Crippen LogP contribution is -2.36. The van der Waals surface area contributed by atoms with Crippen LogP contribution in [0.2, 0.25) is 0 Å². The van der Waals surface area contributed by atoms with Crippen LogP contribution in [0.5, 0.6) is 17.2 Å². The number of nitrogen functional groups attached to an aromatic ring is 1. The number of nitrogens with two attached hydrogens (primary N) is 2. The highest BCUT2D eigenvalue weighted by Gasteiger charge is 2.38. The minimum absolute atomic E-state index is 0.0938. The standard InChI is InChI=1S/C42H44N10O9S2/c1-26(61-42(44)53)22-45-62(54,55)36-21-20-33(34-6-5-7-35-38(34)47-41(43)46-35)37(40-48-50-52(49-40)25-29-12-18-32(60-4)19-13-29)39(36)63(56,57)51(23-27-8-14-30(58-2)15-9-27)24-28-10-16-31(59-3)17-11-28/h5-21,26,45H,22-25H2,1-4H3,(H2,44,53)(H3,43,46,47). The number of carbonyl (C=O) groups is 1. The monoisotopic (exact) mass is 896 g/mol. The molecule has 2 heterocycles. The highest BCUT2D eigenvalue weighted by molar-refractivity contribution is 7.92. The van der Waals surface area contributed by atoms with E-state index in [4.69, 9.17) is 30.4 Å². The molecule has 0 bridgehead atoms. The number of amides is 1. The number of fused-ring (bicyclic) bond motifs is 1. The molecule has 7 rings (SSSR count). The highest BCUT2D eigenvalue weighted by atomic mass is 32.2. The van der Waals surface area contributed by atoms with Crippen molar-refractivity contribution in [3.63, 3.8) is 0 Å². The summed E-state index contributed by atoms with van der Waals surface area (Å²) in [5.74, 6) is 1.61. The molecule has 0 fully saturated rings. The number of rotatable bonds is 18. The summed E-state index contributed by atoms with van der Waals surface area (Å²) in [7, 11) is -5.15. The predicted molar refractivity (Wildman–Crippen MR) is 233 cm³/mol. The van der Waals surface area contributed by atoms with Gasteiger partial charge in [-0.05, 0) is 82.9 Å². The van der Waals surface area contributed by atoms with E-state index in [9.17, 15) is 13.2 Å². The average molecular weight is 897 g/mol. The van der Waals surface area contributed by atoms with Gasteiger partial charge in [-0.25, -0.2) is 31.3 Å². The number of hydrogen-bond donors (Lipinski definition) is 4. The minimum atomic E-state index is -4.95. The number of ether oxygens (including phenoxy) is 4. The van der Waals surface area contributed by atoms with Crippen molar-refractivity contribution in [1.29, 1.82) is 0 Å². The van der Waals surface area contributed by atoms with E-state index in [0.29, 0.717) is 45.0 Å². The number of para-hydroxylation sites is 1. The number of methoxy groups -OCH3 is 3. The number of tetrazole rings is 1. The van der Waals surface area contributed by atoms with E-state index in [2.05, 4.69) is 30.1 Å². The summed E-state index contributed by atoms with van der Waals surface area (Å²) in [6.07, 6.45) is -2.15. The van der Waals surface area contributed by atoms with Crippen LogP contribution in [0.3, 0.4) is 0 Å². The van der Waals surface area contributed by atoms with Gasteiger partial charge in [0.1, 0.15) is 33.1 Å². The number of aromatic amines is 1. The second-order valence-electron chi connectivity index (χ2n) is 14.2. The van der Waals surface area contributed by atoms with Crippen LogP contribution in [0.25, 0.3) is 33.5 Å². The first-order chi connectivity index (χ1) is 30.2. The Kier molecular flexibility index (Phi) is 12.9. The Bertz CT molecular complexity index is 2910. The Morgan fingerprint density at radius 1 is 0.794 bits per heavy atom. The third kappa shape index (κ3) is 9.86. The molecule has 63 heavy (non-hydrogen) atoms. The zero-order valence-electron chi connectivity index (χ0n) is 34.5. The van der Waals surface area contributed by atoms with Gasteiger partial charge in [-0.2, -0.15) is 9.10 Å². The van der Waals surface area contributed by atoms with Gasteiger partial charge in [0.15, 0.2) is 5.95 Å². The largest absolute Gasteiger partial charge is 0.497 e. The number of imidazole rings is 1. The van der Waals surface area contributed by atoms with Gasteiger partial charge in [0.2, 0.25) is 25.9 Å². The molecule has 0 saturated heterocycles. The first kappa shape index (κ1) is 44.0. The van der Waals surface area contributed by atoms with Gasteiger partial charge in [0.05, 0.1) is 44.5 Å². The fourth-order valence-corrected chi connectivity index (χ4v) is 10.3. The van der Waals surface area contributed by atoms with E-state index in [0.717, 1.165) is 9.87 Å². The van der Waals surface area contributed by atoms with E-state index >= 15 is 8.42 Å². The van der Waals surface area contributed by atoms with Crippen molar-refractivity contribution < 1.29 is 40.6 Å². The number of H-pyrrole nitrogens is 1. The number of sulfonamides is 2. The lowest BCUT2D eigenvalue weighted by Gasteiger charge is -2.26. The number of anilines is 1. The number of benzene rings is 5. The molecule has 19 nitrogen and oxygen atoms in total. The Morgan fingerprint density at radius 2 is 1.37 bits per heavy atom. The normalized spacial score (nSPS) is 12.3. The van der Waals surface area contributed by atoms with Gasteiger partial charge in [0, 0.05) is 25.2 Å². The Labute approximate surface area is 363 Å². The molecule has 328 valence electrons. The molecule has 21 heteroatoms. The summed E-state index contributed by atoms with van der Waals surface area (Å²) in [4.78, 5) is 19.0. The molecule has 0 aliphatic rings. The molecule has 5 aromatic carbocycles. The van der Waals surface area contributed by atoms with Crippen LogP contribution >= 0.6 is 0 Å². The van der Waals surface area contributed by atoms with Crippen LogP contribution in [0.1, 0.15) is 23.6 Å². The maximum absolute atomic E-state index is 15.9. The van der Waals surface area contributed by atoms with Crippen molar-refractivity contribution >= 4 is 43.1 Å². The van der Waals surface area contributed by atoms with E-state index < -0.39 is 48.6 Å². The summed E-state index contributed by atoms with van der Waals surface area (Å²) in [5.41, 5.74) is 14.5. The summed E-state index contributed by atoms with van der Waals surface area (Å²) in [6.45, 7) is 0.638. The molecule has 0 aliphatic carbocycles. The maximum atomic E-state index is 15.9. The third-order valence-electron chi connectivity index (χ3n) is 9.90. The van der Waals surface area contributed by atoms with Crippen LogP contribution < -0.4 is 30.4 Å². The van der Waals surface area contributed by atoms with Crippen LogP contribution in [0.4, 0.5) is 10.7 Å². The smallest absolute Gasteiger partial charge is 0.404 e. The van der Waals surface area contributed by atoms with Crippen molar-refractivity contribution in [2.45, 2.75) is 42.5 Å². The molecule has 0 aliphatic heterocycles. The van der Waals surface area contributed by atoms with Gasteiger partial charge < -0.3 is 35.4 Å². The third-order valence-corrected chi connectivity index (χ3v) is 13.4. The number of nitrogens with zero attached hydrogens (tertiary/aromatic N) is 6. The summed E-state index contributed by atoms with van der Waals surface area (Å²) in [6, 6.07) is 28.5. The van der Waals surface area contributed by atoms with Crippen LogP contribution in [-0.2, 0) is 44.4 Å². The van der Waals surface area contributed by atoms with Crippen LogP contribution in [-0.4, -0.2) is 91.4 Å². The summed E-state index contributed by atoms with van der Waals surface area (Å²) in [5, 5.41) is 13.3. The Morgan fingerprint density at radius 3 is 1.92 bits per heavy atom. The maximum Gasteiger partial charge on any atom is 0.404 e. The molecule has 1 amide bonds. The van der Waals surface area contributed by atoms with E-state index in [-0.39, 0.29) is 42.5 Å². The molecule has 2 aromatic heterocycles. The summed E-state index contributed by atoms with van der Waals surface area (Å²) >= 11 is 0. The van der Waals surface area contributed by atoms with E-state index in [1.54, 1.807) is 86.0 Å². The number of carbonyl (C=O) groups excluding carboxylic acids is 1. The predicted octanol–water partition coefficient (Wildman–Crippen LogP) is 4.69. The lowest BCUT2D eigenvalue weighted by molar-refractivity contribution is 0.118. The second kappa shape index (κ2) is 18.5. The van der Waals surface area contributed by atoms with Gasteiger partial charge in [-0.1, -0.05) is 54.6 Å². The number of hydrogen-bond acceptors (Lipinski definition) is 14. The summed E-state index contributed by atoms with van der Waals surface area (Å²) < 4.78 is 85.6. The van der Waals surface area contributed by atoms with Crippen molar-refractivity contribution in [2.24, 2.45) is 5.73 Å². The molecule has 1 atom stereocenters. The molecule has 0 radical (unpaired) electrons. The van der Waals surface area contributed by atoms with Crippen molar-refractivity contribution in [1.82, 2.24) is 39.2 Å². The number of primary amides is 1. The SMILES string of the molecule is COc1ccc(CN(Cc2ccc(OC)cc2)S(=O)(=O)c2c(S(=O)(=O)NCC(C)OC(N)=O)ccc(-c3cccc4[nH]c(N)nc34)c2-c2nnn(Cc3ccc(OC)cc3)n2)cc1. The minimum Gasteiger partial charge on any atom is -0.497 e. The fourth-order valence-electron chi connectivity index (χ4n) is 6.82. The second-order valence-corrected chi connectivity index (χ2v) is 17.8. The van der Waals surface area contributed by atoms with Crippen LogP contribution in [0.15, 0.2) is 113 Å². The first-order valence-corrected chi connectivity index (χ1v) is 22.2. The first-order valence-electron chi connectivity index (χ1n) is 19.2. The lowest BCUT2D eigenvalue weighted by atomic mass is 9.98.